The highest BCUT2D eigenvalue weighted by Gasteiger charge is 2.37. The Morgan fingerprint density at radius 3 is 2.32 bits per heavy atom. The summed E-state index contributed by atoms with van der Waals surface area (Å²) < 4.78 is 35.0. The van der Waals surface area contributed by atoms with Gasteiger partial charge in [-0.3, -0.25) is 14.3 Å². The van der Waals surface area contributed by atoms with Crippen LogP contribution in [-0.4, -0.2) is 44.5 Å². The summed E-state index contributed by atoms with van der Waals surface area (Å²) in [6.07, 6.45) is 5.53. The molecular weight excluding hydrogens is 310 g/mol. The van der Waals surface area contributed by atoms with Gasteiger partial charge in [0.05, 0.1) is 23.9 Å². The van der Waals surface area contributed by atoms with E-state index in [1.54, 1.807) is 7.11 Å². The molecule has 2 fully saturated rings. The molecule has 8 heteroatoms. The van der Waals surface area contributed by atoms with Crippen LogP contribution < -0.4 is 0 Å². The number of methoxy groups -OCH3 is 1. The lowest BCUT2D eigenvalue weighted by Crippen LogP contribution is -2.37. The second-order valence-electron chi connectivity index (χ2n) is 6.31. The van der Waals surface area contributed by atoms with Crippen molar-refractivity contribution in [3.05, 3.63) is 10.1 Å². The fraction of sp³-hybridized carbons (Fsp3) is 1.00. The molecule has 22 heavy (non-hydrogen) atoms. The predicted molar refractivity (Wildman–Crippen MR) is 80.7 cm³/mol. The van der Waals surface area contributed by atoms with Crippen LogP contribution in [0, 0.1) is 16.0 Å². The maximum atomic E-state index is 12.3. The zero-order valence-electron chi connectivity index (χ0n) is 13.0. The Hall–Kier alpha value is -0.730. The second kappa shape index (κ2) is 7.70. The second-order valence-corrected chi connectivity index (χ2v) is 8.20. The first-order valence-electron chi connectivity index (χ1n) is 7.98. The molecule has 0 aromatic carbocycles. The van der Waals surface area contributed by atoms with Crippen LogP contribution in [0.25, 0.3) is 0 Å². The molecule has 0 N–H and O–H groups in total. The third-order valence-electron chi connectivity index (χ3n) is 4.95. The molecule has 0 saturated heterocycles. The molecule has 0 spiro atoms. The average molecular weight is 335 g/mol. The number of hydrogen-bond acceptors (Lipinski definition) is 6. The molecule has 2 rings (SSSR count). The molecular formula is C14H25NO6S. The van der Waals surface area contributed by atoms with Crippen molar-refractivity contribution in [2.75, 3.05) is 13.7 Å². The molecule has 2 saturated carbocycles. The van der Waals surface area contributed by atoms with Gasteiger partial charge < -0.3 is 4.74 Å². The number of rotatable bonds is 6. The van der Waals surface area contributed by atoms with Crippen molar-refractivity contribution in [3.8, 4) is 0 Å². The summed E-state index contributed by atoms with van der Waals surface area (Å²) in [7, 11) is -2.01. The third kappa shape index (κ3) is 4.39. The maximum absolute atomic E-state index is 12.3. The van der Waals surface area contributed by atoms with Crippen LogP contribution in [0.1, 0.15) is 51.4 Å². The lowest BCUT2D eigenvalue weighted by Gasteiger charge is -2.28. The minimum atomic E-state index is -3.64. The molecule has 2 atom stereocenters. The van der Waals surface area contributed by atoms with E-state index in [1.807, 2.05) is 0 Å². The monoisotopic (exact) mass is 335 g/mol. The van der Waals surface area contributed by atoms with Gasteiger partial charge in [-0.1, -0.05) is 6.42 Å². The van der Waals surface area contributed by atoms with Crippen molar-refractivity contribution in [3.63, 3.8) is 0 Å². The van der Waals surface area contributed by atoms with E-state index in [2.05, 4.69) is 0 Å². The lowest BCUT2D eigenvalue weighted by atomic mass is 9.85. The van der Waals surface area contributed by atoms with Crippen molar-refractivity contribution in [2.24, 2.45) is 5.92 Å². The van der Waals surface area contributed by atoms with Gasteiger partial charge >= 0.3 is 0 Å². The summed E-state index contributed by atoms with van der Waals surface area (Å²) in [6.45, 7) is -0.0574. The molecule has 0 aliphatic heterocycles. The van der Waals surface area contributed by atoms with E-state index < -0.39 is 21.4 Å². The Bertz CT molecular complexity index is 472. The Morgan fingerprint density at radius 1 is 1.09 bits per heavy atom. The van der Waals surface area contributed by atoms with Crippen molar-refractivity contribution >= 4 is 10.1 Å². The highest BCUT2D eigenvalue weighted by Crippen LogP contribution is 2.30. The fourth-order valence-electron chi connectivity index (χ4n) is 3.50. The normalized spacial score (nSPS) is 33.5. The van der Waals surface area contributed by atoms with Crippen molar-refractivity contribution in [1.29, 1.82) is 0 Å². The van der Waals surface area contributed by atoms with Gasteiger partial charge in [0.2, 0.25) is 6.04 Å². The van der Waals surface area contributed by atoms with Crippen LogP contribution in [0.4, 0.5) is 0 Å². The minimum Gasteiger partial charge on any atom is -0.381 e. The molecule has 2 aliphatic rings. The van der Waals surface area contributed by atoms with Crippen LogP contribution in [-0.2, 0) is 19.0 Å². The molecule has 0 amide bonds. The zero-order chi connectivity index (χ0) is 16.2. The highest BCUT2D eigenvalue weighted by molar-refractivity contribution is 7.87. The summed E-state index contributed by atoms with van der Waals surface area (Å²) in [6, 6.07) is -0.673. The molecule has 0 radical (unpaired) electrons. The van der Waals surface area contributed by atoms with E-state index in [0.717, 1.165) is 12.8 Å². The summed E-state index contributed by atoms with van der Waals surface area (Å²) in [5.41, 5.74) is 0. The van der Waals surface area contributed by atoms with Gasteiger partial charge in [-0.2, -0.15) is 8.42 Å². The Labute approximate surface area is 131 Å². The van der Waals surface area contributed by atoms with Crippen molar-refractivity contribution in [1.82, 2.24) is 0 Å². The van der Waals surface area contributed by atoms with Gasteiger partial charge in [0.15, 0.2) is 0 Å². The zero-order valence-corrected chi connectivity index (χ0v) is 13.8. The number of ether oxygens (including phenoxy) is 1. The summed E-state index contributed by atoms with van der Waals surface area (Å²) >= 11 is 0. The predicted octanol–water partition coefficient (Wildman–Crippen LogP) is 2.13. The number of nitro groups is 1. The molecule has 2 aliphatic carbocycles. The van der Waals surface area contributed by atoms with E-state index >= 15 is 0 Å². The van der Waals surface area contributed by atoms with Crippen LogP contribution >= 0.6 is 0 Å². The standard InChI is InChI=1S/C14H25NO6S/c1-20-12-6-8-13(9-7-12)22(18,19)21-10-11-4-2-3-5-14(11)15(16)17/h11-14H,2-10H2,1H3. The number of hydrogen-bond donors (Lipinski definition) is 0. The van der Waals surface area contributed by atoms with Gasteiger partial charge in [0.25, 0.3) is 10.1 Å². The first kappa shape index (κ1) is 17.6. The Morgan fingerprint density at radius 2 is 1.73 bits per heavy atom. The van der Waals surface area contributed by atoms with Gasteiger partial charge in [0, 0.05) is 18.5 Å². The Kier molecular flexibility index (Phi) is 6.17. The molecule has 2 unspecified atom stereocenters. The summed E-state index contributed by atoms with van der Waals surface area (Å²) in [5.74, 6) is -0.297. The van der Waals surface area contributed by atoms with E-state index in [1.165, 1.54) is 0 Å². The maximum Gasteiger partial charge on any atom is 0.270 e. The van der Waals surface area contributed by atoms with Gasteiger partial charge in [-0.05, 0) is 38.5 Å². The molecule has 7 nitrogen and oxygen atoms in total. The van der Waals surface area contributed by atoms with Crippen LogP contribution in [0.3, 0.4) is 0 Å². The molecule has 0 aromatic heterocycles. The van der Waals surface area contributed by atoms with E-state index in [9.17, 15) is 18.5 Å². The highest BCUT2D eigenvalue weighted by atomic mass is 32.2. The first-order chi connectivity index (χ1) is 10.4. The SMILES string of the molecule is COC1CCC(S(=O)(=O)OCC2CCCCC2[N+](=O)[O-])CC1. The van der Waals surface area contributed by atoms with E-state index in [-0.39, 0.29) is 23.6 Å². The smallest absolute Gasteiger partial charge is 0.270 e. The Balaban J connectivity index is 1.88. The largest absolute Gasteiger partial charge is 0.381 e. The van der Waals surface area contributed by atoms with Crippen LogP contribution in [0.15, 0.2) is 0 Å². The average Bonchev–Trinajstić information content (AvgIpc) is 2.53. The van der Waals surface area contributed by atoms with Crippen LogP contribution in [0.5, 0.6) is 0 Å². The van der Waals surface area contributed by atoms with E-state index in [0.29, 0.717) is 38.5 Å². The van der Waals surface area contributed by atoms with Gasteiger partial charge in [0.1, 0.15) is 0 Å². The minimum absolute atomic E-state index is 0.0574. The summed E-state index contributed by atoms with van der Waals surface area (Å²) in [5, 5.41) is 10.5. The number of nitrogens with zero attached hydrogens (tertiary/aromatic N) is 1. The quantitative estimate of drug-likeness (QED) is 0.419. The molecule has 0 heterocycles. The van der Waals surface area contributed by atoms with E-state index in [4.69, 9.17) is 8.92 Å². The molecule has 128 valence electrons. The van der Waals surface area contributed by atoms with Crippen molar-refractivity contribution < 1.29 is 22.3 Å². The van der Waals surface area contributed by atoms with Gasteiger partial charge in [-0.15, -0.1) is 0 Å². The fourth-order valence-corrected chi connectivity index (χ4v) is 4.90. The summed E-state index contributed by atoms with van der Waals surface area (Å²) in [4.78, 5) is 10.8. The molecule has 0 bridgehead atoms. The lowest BCUT2D eigenvalue weighted by molar-refractivity contribution is -0.536. The van der Waals surface area contributed by atoms with Crippen molar-refractivity contribution in [2.45, 2.75) is 68.8 Å². The van der Waals surface area contributed by atoms with Gasteiger partial charge in [-0.25, -0.2) is 0 Å². The first-order valence-corrected chi connectivity index (χ1v) is 9.45. The topological polar surface area (TPSA) is 95.7 Å². The van der Waals surface area contributed by atoms with Crippen LogP contribution in [0.2, 0.25) is 0 Å². The molecule has 0 aromatic rings. The third-order valence-corrected chi connectivity index (χ3v) is 6.70.